The van der Waals surface area contributed by atoms with E-state index in [4.69, 9.17) is 0 Å². The molecule has 1 N–H and O–H groups in total. The normalized spacial score (nSPS) is 18.0. The molecule has 1 saturated carbocycles. The summed E-state index contributed by atoms with van der Waals surface area (Å²) < 4.78 is 3.72. The SMILES string of the molecule is O=C(c1cccc(-n2cccn2)c1)N1CCCn2nc(C(O)C3CCC3)cc2C1. The maximum atomic E-state index is 13.2. The summed E-state index contributed by atoms with van der Waals surface area (Å²) in [7, 11) is 0. The van der Waals surface area contributed by atoms with Gasteiger partial charge >= 0.3 is 0 Å². The highest BCUT2D eigenvalue weighted by Crippen LogP contribution is 2.37. The average molecular weight is 391 g/mol. The van der Waals surface area contributed by atoms with Gasteiger partial charge in [0.05, 0.1) is 23.6 Å². The van der Waals surface area contributed by atoms with Crippen LogP contribution in [0, 0.1) is 5.92 Å². The molecule has 29 heavy (non-hydrogen) atoms. The Morgan fingerprint density at radius 3 is 2.79 bits per heavy atom. The summed E-state index contributed by atoms with van der Waals surface area (Å²) in [5, 5.41) is 19.5. The fourth-order valence-electron chi connectivity index (χ4n) is 4.19. The van der Waals surface area contributed by atoms with Crippen molar-refractivity contribution in [3.8, 4) is 5.69 Å². The van der Waals surface area contributed by atoms with Crippen LogP contribution in [-0.4, -0.2) is 42.0 Å². The number of amides is 1. The molecule has 3 aromatic rings. The van der Waals surface area contributed by atoms with E-state index in [-0.39, 0.29) is 5.91 Å². The van der Waals surface area contributed by atoms with Crippen LogP contribution in [-0.2, 0) is 13.1 Å². The van der Waals surface area contributed by atoms with Crippen molar-refractivity contribution < 1.29 is 9.90 Å². The smallest absolute Gasteiger partial charge is 0.254 e. The zero-order valence-corrected chi connectivity index (χ0v) is 16.3. The van der Waals surface area contributed by atoms with Gasteiger partial charge in [-0.15, -0.1) is 0 Å². The van der Waals surface area contributed by atoms with Crippen molar-refractivity contribution in [2.45, 2.75) is 44.9 Å². The molecule has 1 aliphatic carbocycles. The maximum Gasteiger partial charge on any atom is 0.254 e. The summed E-state index contributed by atoms with van der Waals surface area (Å²) in [6.07, 6.45) is 7.27. The number of aromatic nitrogens is 4. The zero-order chi connectivity index (χ0) is 19.8. The van der Waals surface area contributed by atoms with Crippen LogP contribution in [0.1, 0.15) is 53.5 Å². The third kappa shape index (κ3) is 3.46. The summed E-state index contributed by atoms with van der Waals surface area (Å²) in [6.45, 7) is 1.97. The number of hydrogen-bond acceptors (Lipinski definition) is 4. The highest BCUT2D eigenvalue weighted by atomic mass is 16.3. The number of aryl methyl sites for hydroxylation is 1. The molecule has 7 nitrogen and oxygen atoms in total. The molecule has 0 saturated heterocycles. The highest BCUT2D eigenvalue weighted by Gasteiger charge is 2.30. The van der Waals surface area contributed by atoms with E-state index >= 15 is 0 Å². The Bertz CT molecular complexity index is 1010. The van der Waals surface area contributed by atoms with E-state index in [0.29, 0.717) is 24.6 Å². The van der Waals surface area contributed by atoms with Crippen LogP contribution in [0.4, 0.5) is 0 Å². The van der Waals surface area contributed by atoms with Gasteiger partial charge in [-0.1, -0.05) is 12.5 Å². The van der Waals surface area contributed by atoms with E-state index in [2.05, 4.69) is 10.2 Å². The molecule has 5 rings (SSSR count). The van der Waals surface area contributed by atoms with E-state index in [1.807, 2.05) is 52.2 Å². The lowest BCUT2D eigenvalue weighted by Crippen LogP contribution is -2.30. The monoisotopic (exact) mass is 391 g/mol. The van der Waals surface area contributed by atoms with E-state index < -0.39 is 6.10 Å². The molecular formula is C22H25N5O2. The van der Waals surface area contributed by atoms with Crippen molar-refractivity contribution in [2.75, 3.05) is 6.54 Å². The fraction of sp³-hybridized carbons (Fsp3) is 0.409. The number of fused-ring (bicyclic) bond motifs is 1. The molecule has 0 spiro atoms. The van der Waals surface area contributed by atoms with E-state index in [0.717, 1.165) is 42.9 Å². The van der Waals surface area contributed by atoms with Gasteiger partial charge in [-0.3, -0.25) is 9.48 Å². The molecule has 1 unspecified atom stereocenters. The first kappa shape index (κ1) is 18.1. The fourth-order valence-corrected chi connectivity index (χ4v) is 4.19. The van der Waals surface area contributed by atoms with Crippen molar-refractivity contribution in [1.82, 2.24) is 24.5 Å². The zero-order valence-electron chi connectivity index (χ0n) is 16.3. The predicted octanol–water partition coefficient (Wildman–Crippen LogP) is 2.95. The molecule has 2 aliphatic rings. The first-order valence-electron chi connectivity index (χ1n) is 10.3. The summed E-state index contributed by atoms with van der Waals surface area (Å²) >= 11 is 0. The van der Waals surface area contributed by atoms with Crippen molar-refractivity contribution >= 4 is 5.91 Å². The van der Waals surface area contributed by atoms with Gasteiger partial charge < -0.3 is 10.0 Å². The Morgan fingerprint density at radius 2 is 2.03 bits per heavy atom. The van der Waals surface area contributed by atoms with Crippen LogP contribution < -0.4 is 0 Å². The largest absolute Gasteiger partial charge is 0.386 e. The summed E-state index contributed by atoms with van der Waals surface area (Å²) in [4.78, 5) is 15.1. The van der Waals surface area contributed by atoms with Crippen LogP contribution in [0.15, 0.2) is 48.8 Å². The van der Waals surface area contributed by atoms with Crippen LogP contribution in [0.2, 0.25) is 0 Å². The molecule has 1 aromatic carbocycles. The van der Waals surface area contributed by atoms with Crippen molar-refractivity contribution in [3.63, 3.8) is 0 Å². The molecule has 2 aromatic heterocycles. The minimum Gasteiger partial charge on any atom is -0.386 e. The van der Waals surface area contributed by atoms with Crippen LogP contribution in [0.3, 0.4) is 0 Å². The van der Waals surface area contributed by atoms with E-state index in [1.165, 1.54) is 6.42 Å². The first-order chi connectivity index (χ1) is 14.2. The maximum absolute atomic E-state index is 13.2. The molecular weight excluding hydrogens is 366 g/mol. The van der Waals surface area contributed by atoms with Crippen LogP contribution >= 0.6 is 0 Å². The Hall–Kier alpha value is -2.93. The van der Waals surface area contributed by atoms with Gasteiger partial charge in [-0.25, -0.2) is 4.68 Å². The van der Waals surface area contributed by atoms with Gasteiger partial charge in [-0.05, 0) is 55.5 Å². The van der Waals surface area contributed by atoms with Gasteiger partial charge in [0, 0.05) is 31.0 Å². The van der Waals surface area contributed by atoms with Crippen molar-refractivity contribution in [1.29, 1.82) is 0 Å². The van der Waals surface area contributed by atoms with Crippen molar-refractivity contribution in [2.24, 2.45) is 5.92 Å². The van der Waals surface area contributed by atoms with Crippen molar-refractivity contribution in [3.05, 3.63) is 65.7 Å². The summed E-state index contributed by atoms with van der Waals surface area (Å²) in [5.41, 5.74) is 3.26. The number of carbonyl (C=O) groups excluding carboxylic acids is 1. The van der Waals surface area contributed by atoms with Gasteiger partial charge in [0.2, 0.25) is 0 Å². The topological polar surface area (TPSA) is 76.2 Å². The molecule has 1 fully saturated rings. The first-order valence-corrected chi connectivity index (χ1v) is 10.3. The molecule has 150 valence electrons. The summed E-state index contributed by atoms with van der Waals surface area (Å²) in [5.74, 6) is 0.339. The highest BCUT2D eigenvalue weighted by molar-refractivity contribution is 5.94. The number of hydrogen-bond donors (Lipinski definition) is 1. The van der Waals surface area contributed by atoms with Crippen LogP contribution in [0.5, 0.6) is 0 Å². The molecule has 1 amide bonds. The van der Waals surface area contributed by atoms with E-state index in [9.17, 15) is 9.90 Å². The Labute approximate surface area is 169 Å². The number of benzene rings is 1. The lowest BCUT2D eigenvalue weighted by Gasteiger charge is -2.29. The Morgan fingerprint density at radius 1 is 1.14 bits per heavy atom. The van der Waals surface area contributed by atoms with Gasteiger partial charge in [0.15, 0.2) is 0 Å². The molecule has 0 bridgehead atoms. The molecule has 1 aliphatic heterocycles. The Kier molecular flexibility index (Phi) is 4.67. The van der Waals surface area contributed by atoms with Gasteiger partial charge in [0.1, 0.15) is 6.10 Å². The third-order valence-corrected chi connectivity index (χ3v) is 6.08. The number of carbonyl (C=O) groups is 1. The van der Waals surface area contributed by atoms with E-state index in [1.54, 1.807) is 10.9 Å². The Balaban J connectivity index is 1.36. The molecule has 0 radical (unpaired) electrons. The second kappa shape index (κ2) is 7.48. The third-order valence-electron chi connectivity index (χ3n) is 6.08. The lowest BCUT2D eigenvalue weighted by atomic mass is 9.80. The van der Waals surface area contributed by atoms with Gasteiger partial charge in [-0.2, -0.15) is 10.2 Å². The summed E-state index contributed by atoms with van der Waals surface area (Å²) in [6, 6.07) is 11.4. The second-order valence-electron chi connectivity index (χ2n) is 8.00. The number of aliphatic hydroxyl groups is 1. The van der Waals surface area contributed by atoms with Crippen LogP contribution in [0.25, 0.3) is 5.69 Å². The quantitative estimate of drug-likeness (QED) is 0.742. The number of aliphatic hydroxyl groups excluding tert-OH is 1. The average Bonchev–Trinajstić information content (AvgIpc) is 3.33. The van der Waals surface area contributed by atoms with Gasteiger partial charge in [0.25, 0.3) is 5.91 Å². The standard InChI is InChI=1S/C22H25N5O2/c28-21(16-5-1-6-16)20-14-19-15-25(10-4-12-27(19)24-20)22(29)17-7-2-8-18(13-17)26-11-3-9-23-26/h2-3,7-9,11,13-14,16,21,28H,1,4-6,10,12,15H2. The minimum absolute atomic E-state index is 0.00903. The second-order valence-corrected chi connectivity index (χ2v) is 8.00. The molecule has 1 atom stereocenters. The number of rotatable bonds is 4. The molecule has 3 heterocycles. The number of nitrogens with zero attached hydrogens (tertiary/aromatic N) is 5. The minimum atomic E-state index is -0.488. The molecule has 7 heteroatoms. The predicted molar refractivity (Wildman–Crippen MR) is 107 cm³/mol. The lowest BCUT2D eigenvalue weighted by molar-refractivity contribution is 0.0580.